The number of primary amides is 1. The molecule has 0 aromatic carbocycles. The van der Waals surface area contributed by atoms with Gasteiger partial charge in [0.1, 0.15) is 17.1 Å². The van der Waals surface area contributed by atoms with Crippen LogP contribution in [-0.4, -0.2) is 80.5 Å². The molecule has 0 aromatic heterocycles. The Kier molecular flexibility index (Phi) is 24.2. The molecule has 37 heavy (non-hydrogen) atoms. The van der Waals surface area contributed by atoms with Crippen molar-refractivity contribution in [2.45, 2.75) is 72.6 Å². The van der Waals surface area contributed by atoms with Crippen LogP contribution in [0.5, 0.6) is 0 Å². The van der Waals surface area contributed by atoms with E-state index in [4.69, 9.17) is 5.73 Å². The third-order valence-corrected chi connectivity index (χ3v) is 5.13. The Morgan fingerprint density at radius 3 is 2.00 bits per heavy atom. The fourth-order valence-corrected chi connectivity index (χ4v) is 2.94. The highest BCUT2D eigenvalue weighted by atomic mass is 32.2. The summed E-state index contributed by atoms with van der Waals surface area (Å²) < 4.78 is 21.0. The van der Waals surface area contributed by atoms with E-state index in [1.54, 1.807) is 20.8 Å². The van der Waals surface area contributed by atoms with Gasteiger partial charge in [-0.25, -0.2) is 9.00 Å². The molecule has 0 rings (SSSR count). The maximum atomic E-state index is 12.4. The topological polar surface area (TPSA) is 205 Å². The molecular weight excluding hydrogens is 506 g/mol. The van der Waals surface area contributed by atoms with Crippen LogP contribution in [0.1, 0.15) is 61.3 Å². The van der Waals surface area contributed by atoms with E-state index in [2.05, 4.69) is 16.0 Å². The maximum absolute atomic E-state index is 12.4. The number of hydrogen-bond donors (Lipinski definition) is 5. The lowest BCUT2D eigenvalue weighted by Crippen LogP contribution is -2.53. The van der Waals surface area contributed by atoms with Gasteiger partial charge in [0, 0.05) is 13.1 Å². The van der Waals surface area contributed by atoms with Crippen LogP contribution in [0.3, 0.4) is 0 Å². The summed E-state index contributed by atoms with van der Waals surface area (Å²) in [4.78, 5) is 68.9. The average Bonchev–Trinajstić information content (AvgIpc) is 2.83. The molecule has 3 atom stereocenters. The number of nitrogens with zero attached hydrogens (tertiary/aromatic N) is 1. The summed E-state index contributed by atoms with van der Waals surface area (Å²) in [5, 5.41) is 5.75. The van der Waals surface area contributed by atoms with Gasteiger partial charge >= 0.3 is 6.03 Å². The van der Waals surface area contributed by atoms with Crippen LogP contribution in [0.25, 0.3) is 0 Å². The van der Waals surface area contributed by atoms with E-state index in [0.717, 1.165) is 17.4 Å². The molecule has 0 aliphatic rings. The molecule has 0 bridgehead atoms. The van der Waals surface area contributed by atoms with Crippen LogP contribution >= 0.6 is 0 Å². The highest BCUT2D eigenvalue weighted by Crippen LogP contribution is 2.08. The largest absolute Gasteiger partial charge is 0.352 e. The summed E-state index contributed by atoms with van der Waals surface area (Å²) in [6.45, 7) is 12.4. The normalized spacial score (nSPS) is 12.5. The first kappa shape index (κ1) is 38.4. The Labute approximate surface area is 221 Å². The number of carbonyl (C=O) groups is 6. The van der Waals surface area contributed by atoms with E-state index >= 15 is 0 Å². The molecule has 0 saturated carbocycles. The molecule has 0 saturated heterocycles. The third-order valence-electron chi connectivity index (χ3n) is 4.20. The third kappa shape index (κ3) is 19.7. The quantitative estimate of drug-likeness (QED) is 0.117. The Balaban J connectivity index is -0.00000110. The first-order chi connectivity index (χ1) is 17.3. The number of allylic oxidation sites excluding steroid dienone is 1. The number of nitrogens with two attached hydrogens (primary N) is 1. The number of Topliss-reactive ketones (excluding diaryl/α,β-unsaturated/α-hetero) is 1. The summed E-state index contributed by atoms with van der Waals surface area (Å²) in [6, 6.07) is -1.47. The fourth-order valence-electron chi connectivity index (χ4n) is 2.38. The lowest BCUT2D eigenvalue weighted by molar-refractivity contribution is -0.135. The van der Waals surface area contributed by atoms with Gasteiger partial charge in [0.05, 0.1) is 6.54 Å². The minimum Gasteiger partial charge on any atom is -0.352 e. The van der Waals surface area contributed by atoms with Gasteiger partial charge in [-0.05, 0) is 38.7 Å². The van der Waals surface area contributed by atoms with Gasteiger partial charge in [-0.1, -0.05) is 40.7 Å². The summed E-state index contributed by atoms with van der Waals surface area (Å²) in [7, 11) is 0. The van der Waals surface area contributed by atoms with E-state index in [0.29, 0.717) is 6.54 Å². The van der Waals surface area contributed by atoms with Crippen molar-refractivity contribution >= 4 is 47.0 Å². The second-order valence-electron chi connectivity index (χ2n) is 7.63. The SMILES string of the molecule is C/C=C\C(=O)N(C=O)CCC(C(=O)NC(C(=O)NCC(C)=O)C(C)C)S(=O)O.CC.CCCNC(N)=O. The monoisotopic (exact) mass is 549 g/mol. The van der Waals surface area contributed by atoms with Gasteiger partial charge in [-0.15, -0.1) is 0 Å². The van der Waals surface area contributed by atoms with Crippen molar-refractivity contribution < 1.29 is 37.5 Å². The van der Waals surface area contributed by atoms with Crippen molar-refractivity contribution in [2.24, 2.45) is 11.7 Å². The maximum Gasteiger partial charge on any atom is 0.312 e. The molecule has 0 spiro atoms. The molecule has 6 amide bonds. The number of hydrogen-bond acceptors (Lipinski definition) is 7. The molecule has 0 aliphatic heterocycles. The standard InChI is InChI=1S/C17H27N3O7S.C4H10N2O.C2H6/c1-5-6-14(23)20(10-21)8-7-13(28(26)27)16(24)19-15(11(2)3)17(25)18-9-12(4)22;1-2-3-6-4(5)7;1-2/h5-6,10-11,13,15H,7-9H2,1-4H3,(H,18,25)(H,19,24)(H,26,27);2-3H2,1H3,(H3,5,6,7);1-2H3/b6-5-;;. The van der Waals surface area contributed by atoms with Gasteiger partial charge in [0.2, 0.25) is 18.2 Å². The van der Waals surface area contributed by atoms with Gasteiger partial charge in [-0.2, -0.15) is 0 Å². The van der Waals surface area contributed by atoms with Crippen molar-refractivity contribution in [2.75, 3.05) is 19.6 Å². The number of ketones is 1. The number of amides is 6. The van der Waals surface area contributed by atoms with Gasteiger partial charge < -0.3 is 26.2 Å². The van der Waals surface area contributed by atoms with Gasteiger partial charge in [0.15, 0.2) is 11.1 Å². The number of imide groups is 1. The zero-order chi connectivity index (χ0) is 29.6. The lowest BCUT2D eigenvalue weighted by Gasteiger charge is -2.24. The first-order valence-electron chi connectivity index (χ1n) is 11.9. The van der Waals surface area contributed by atoms with E-state index in [-0.39, 0.29) is 37.6 Å². The molecule has 0 radical (unpaired) electrons. The Morgan fingerprint density at radius 1 is 1.08 bits per heavy atom. The Hall–Kier alpha value is -3.13. The summed E-state index contributed by atoms with van der Waals surface area (Å²) in [5.74, 6) is -2.72. The number of rotatable bonds is 14. The predicted molar refractivity (Wildman–Crippen MR) is 141 cm³/mol. The Bertz CT molecular complexity index is 789. The van der Waals surface area contributed by atoms with Crippen LogP contribution in [0.2, 0.25) is 0 Å². The van der Waals surface area contributed by atoms with E-state index in [1.807, 2.05) is 20.8 Å². The molecule has 6 N–H and O–H groups in total. The van der Waals surface area contributed by atoms with Crippen molar-refractivity contribution in [3.63, 3.8) is 0 Å². The highest BCUT2D eigenvalue weighted by Gasteiger charge is 2.31. The minimum absolute atomic E-state index is 0.200. The molecule has 0 aliphatic carbocycles. The Morgan fingerprint density at radius 2 is 1.65 bits per heavy atom. The van der Waals surface area contributed by atoms with Crippen molar-refractivity contribution in [3.8, 4) is 0 Å². The van der Waals surface area contributed by atoms with Crippen molar-refractivity contribution in [1.29, 1.82) is 0 Å². The van der Waals surface area contributed by atoms with Crippen LogP contribution in [0.4, 0.5) is 4.79 Å². The molecule has 0 heterocycles. The molecule has 0 fully saturated rings. The molecule has 3 unspecified atom stereocenters. The molecular formula is C23H43N5O8S. The molecule has 14 heteroatoms. The second-order valence-corrected chi connectivity index (χ2v) is 8.75. The van der Waals surface area contributed by atoms with Crippen molar-refractivity contribution in [1.82, 2.24) is 20.9 Å². The minimum atomic E-state index is -2.59. The fraction of sp³-hybridized carbons (Fsp3) is 0.652. The smallest absolute Gasteiger partial charge is 0.312 e. The van der Waals surface area contributed by atoms with E-state index < -0.39 is 46.1 Å². The van der Waals surface area contributed by atoms with Crippen LogP contribution in [0, 0.1) is 5.92 Å². The lowest BCUT2D eigenvalue weighted by atomic mass is 10.0. The second kappa shape index (κ2) is 23.3. The van der Waals surface area contributed by atoms with Crippen LogP contribution in [-0.2, 0) is 35.1 Å². The molecule has 13 nitrogen and oxygen atoms in total. The summed E-state index contributed by atoms with van der Waals surface area (Å²) in [6.07, 6.45) is 3.51. The van der Waals surface area contributed by atoms with E-state index in [9.17, 15) is 37.5 Å². The van der Waals surface area contributed by atoms with Crippen LogP contribution < -0.4 is 21.7 Å². The van der Waals surface area contributed by atoms with Crippen molar-refractivity contribution in [3.05, 3.63) is 12.2 Å². The van der Waals surface area contributed by atoms with Gasteiger partial charge in [0.25, 0.3) is 5.91 Å². The predicted octanol–water partition coefficient (Wildman–Crippen LogP) is 0.465. The zero-order valence-corrected chi connectivity index (χ0v) is 23.6. The zero-order valence-electron chi connectivity index (χ0n) is 22.7. The summed E-state index contributed by atoms with van der Waals surface area (Å²) in [5.41, 5.74) is 4.73. The summed E-state index contributed by atoms with van der Waals surface area (Å²) >= 11 is -2.59. The number of nitrogens with one attached hydrogen (secondary N) is 3. The average molecular weight is 550 g/mol. The molecule has 0 aromatic rings. The highest BCUT2D eigenvalue weighted by molar-refractivity contribution is 7.80. The van der Waals surface area contributed by atoms with E-state index in [1.165, 1.54) is 13.0 Å². The number of urea groups is 1. The van der Waals surface area contributed by atoms with Crippen LogP contribution in [0.15, 0.2) is 12.2 Å². The van der Waals surface area contributed by atoms with Gasteiger partial charge in [-0.3, -0.25) is 28.9 Å². The number of carbonyl (C=O) groups excluding carboxylic acids is 6. The molecule has 214 valence electrons. The first-order valence-corrected chi connectivity index (χ1v) is 13.1.